The van der Waals surface area contributed by atoms with E-state index in [0.29, 0.717) is 10.9 Å². The van der Waals surface area contributed by atoms with Crippen molar-refractivity contribution in [3.63, 3.8) is 0 Å². The summed E-state index contributed by atoms with van der Waals surface area (Å²) in [5.41, 5.74) is 0.879. The van der Waals surface area contributed by atoms with E-state index < -0.39 is 0 Å². The molecular formula is C12H9Br3N2O2S. The van der Waals surface area contributed by atoms with E-state index in [1.54, 1.807) is 0 Å². The molecule has 0 saturated carbocycles. The lowest BCUT2D eigenvalue weighted by atomic mass is 10.3. The number of nitrogens with one attached hydrogen (secondary N) is 1. The Labute approximate surface area is 145 Å². The van der Waals surface area contributed by atoms with Gasteiger partial charge in [-0.2, -0.15) is 0 Å². The SMILES string of the molecule is Cc1csc(NC(=O)COc2c(Br)cc(Br)cc2Br)n1. The molecule has 0 aliphatic heterocycles. The topological polar surface area (TPSA) is 51.2 Å². The van der Waals surface area contributed by atoms with E-state index in [9.17, 15) is 4.79 Å². The molecule has 8 heteroatoms. The van der Waals surface area contributed by atoms with Gasteiger partial charge in [-0.25, -0.2) is 4.98 Å². The number of hydrogen-bond acceptors (Lipinski definition) is 4. The average molecular weight is 485 g/mol. The number of thiazole rings is 1. The molecule has 0 saturated heterocycles. The number of ether oxygens (including phenoxy) is 1. The fourth-order valence-corrected chi connectivity index (χ4v) is 4.56. The van der Waals surface area contributed by atoms with Gasteiger partial charge in [0.05, 0.1) is 14.6 Å². The molecule has 0 aliphatic carbocycles. The van der Waals surface area contributed by atoms with Crippen molar-refractivity contribution in [1.29, 1.82) is 0 Å². The molecule has 1 heterocycles. The third-order valence-electron chi connectivity index (χ3n) is 2.18. The first-order chi connectivity index (χ1) is 9.45. The fraction of sp³-hybridized carbons (Fsp3) is 0.167. The number of nitrogens with zero attached hydrogens (tertiary/aromatic N) is 1. The summed E-state index contributed by atoms with van der Waals surface area (Å²) < 4.78 is 7.94. The molecule has 1 aromatic heterocycles. The van der Waals surface area contributed by atoms with E-state index in [0.717, 1.165) is 19.1 Å². The van der Waals surface area contributed by atoms with E-state index in [2.05, 4.69) is 58.1 Å². The molecule has 2 aromatic rings. The molecule has 0 bridgehead atoms. The van der Waals surface area contributed by atoms with E-state index in [1.165, 1.54) is 11.3 Å². The Hall–Kier alpha value is -0.440. The summed E-state index contributed by atoms with van der Waals surface area (Å²) in [6.07, 6.45) is 0. The molecule has 2 rings (SSSR count). The predicted octanol–water partition coefficient (Wildman–Crippen LogP) is 4.76. The quantitative estimate of drug-likeness (QED) is 0.681. The van der Waals surface area contributed by atoms with Crippen LogP contribution in [0.5, 0.6) is 5.75 Å². The number of carbonyl (C=O) groups excluding carboxylic acids is 1. The van der Waals surface area contributed by atoms with Crippen molar-refractivity contribution >= 4 is 70.2 Å². The maximum atomic E-state index is 11.8. The summed E-state index contributed by atoms with van der Waals surface area (Å²) in [7, 11) is 0. The highest BCUT2D eigenvalue weighted by atomic mass is 79.9. The zero-order valence-corrected chi connectivity index (χ0v) is 15.8. The molecule has 0 aliphatic rings. The van der Waals surface area contributed by atoms with Gasteiger partial charge in [0.25, 0.3) is 5.91 Å². The maximum absolute atomic E-state index is 11.8. The number of halogens is 3. The molecule has 0 spiro atoms. The molecule has 1 amide bonds. The number of carbonyl (C=O) groups is 1. The summed E-state index contributed by atoms with van der Waals surface area (Å²) in [5.74, 6) is 0.333. The van der Waals surface area contributed by atoms with Crippen LogP contribution in [0.4, 0.5) is 5.13 Å². The first-order valence-electron chi connectivity index (χ1n) is 5.45. The van der Waals surface area contributed by atoms with Crippen molar-refractivity contribution in [2.75, 3.05) is 11.9 Å². The fourth-order valence-electron chi connectivity index (χ4n) is 1.37. The van der Waals surface area contributed by atoms with Crippen LogP contribution in [-0.4, -0.2) is 17.5 Å². The molecular weight excluding hydrogens is 476 g/mol. The van der Waals surface area contributed by atoms with E-state index in [4.69, 9.17) is 4.74 Å². The Morgan fingerprint density at radius 2 is 2.00 bits per heavy atom. The second kappa shape index (κ2) is 7.02. The second-order valence-corrected chi connectivity index (χ2v) is 7.31. The number of aryl methyl sites for hydroxylation is 1. The van der Waals surface area contributed by atoms with Crippen LogP contribution in [0, 0.1) is 6.92 Å². The first-order valence-corrected chi connectivity index (χ1v) is 8.71. The monoisotopic (exact) mass is 482 g/mol. The summed E-state index contributed by atoms with van der Waals surface area (Å²) >= 11 is 11.5. The van der Waals surface area contributed by atoms with Crippen LogP contribution in [-0.2, 0) is 4.79 Å². The normalized spacial score (nSPS) is 10.4. The van der Waals surface area contributed by atoms with E-state index in [1.807, 2.05) is 24.4 Å². The van der Waals surface area contributed by atoms with Crippen molar-refractivity contribution in [3.05, 3.63) is 36.6 Å². The number of amides is 1. The van der Waals surface area contributed by atoms with Crippen LogP contribution in [0.25, 0.3) is 0 Å². The van der Waals surface area contributed by atoms with Crippen LogP contribution in [0.3, 0.4) is 0 Å². The zero-order chi connectivity index (χ0) is 14.7. The molecule has 106 valence electrons. The number of anilines is 1. The minimum Gasteiger partial charge on any atom is -0.481 e. The highest BCUT2D eigenvalue weighted by Crippen LogP contribution is 2.36. The van der Waals surface area contributed by atoms with Crippen LogP contribution in [0.2, 0.25) is 0 Å². The summed E-state index contributed by atoms with van der Waals surface area (Å²) in [4.78, 5) is 15.9. The molecule has 20 heavy (non-hydrogen) atoms. The van der Waals surface area contributed by atoms with Gasteiger partial charge in [-0.3, -0.25) is 10.1 Å². The largest absolute Gasteiger partial charge is 0.481 e. The molecule has 0 fully saturated rings. The van der Waals surface area contributed by atoms with Crippen LogP contribution < -0.4 is 10.1 Å². The minimum absolute atomic E-state index is 0.0859. The number of aromatic nitrogens is 1. The first kappa shape index (κ1) is 15.9. The predicted molar refractivity (Wildman–Crippen MR) is 90.5 cm³/mol. The highest BCUT2D eigenvalue weighted by molar-refractivity contribution is 9.11. The van der Waals surface area contributed by atoms with Gasteiger partial charge in [-0.1, -0.05) is 15.9 Å². The van der Waals surface area contributed by atoms with Crippen molar-refractivity contribution in [1.82, 2.24) is 4.98 Å². The number of rotatable bonds is 4. The smallest absolute Gasteiger partial charge is 0.264 e. The van der Waals surface area contributed by atoms with Gasteiger partial charge in [0.1, 0.15) is 5.75 Å². The molecule has 4 nitrogen and oxygen atoms in total. The second-order valence-electron chi connectivity index (χ2n) is 3.83. The highest BCUT2D eigenvalue weighted by Gasteiger charge is 2.11. The van der Waals surface area contributed by atoms with Gasteiger partial charge in [-0.05, 0) is 50.9 Å². The Morgan fingerprint density at radius 1 is 1.35 bits per heavy atom. The molecule has 0 atom stereocenters. The van der Waals surface area contributed by atoms with Gasteiger partial charge >= 0.3 is 0 Å². The lowest BCUT2D eigenvalue weighted by Crippen LogP contribution is -2.20. The Bertz CT molecular complexity index is 622. The molecule has 1 aromatic carbocycles. The Kier molecular flexibility index (Phi) is 5.59. The van der Waals surface area contributed by atoms with Gasteiger partial charge in [-0.15, -0.1) is 11.3 Å². The third-order valence-corrected chi connectivity index (χ3v) is 4.69. The van der Waals surface area contributed by atoms with Crippen molar-refractivity contribution < 1.29 is 9.53 Å². The number of benzene rings is 1. The molecule has 0 radical (unpaired) electrons. The Balaban J connectivity index is 1.97. The van der Waals surface area contributed by atoms with Crippen LogP contribution >= 0.6 is 59.1 Å². The Morgan fingerprint density at radius 3 is 2.55 bits per heavy atom. The summed E-state index contributed by atoms with van der Waals surface area (Å²) in [5, 5.41) is 5.13. The van der Waals surface area contributed by atoms with Crippen LogP contribution in [0.1, 0.15) is 5.69 Å². The van der Waals surface area contributed by atoms with Crippen molar-refractivity contribution in [3.8, 4) is 5.75 Å². The van der Waals surface area contributed by atoms with Gasteiger partial charge in [0.2, 0.25) is 0 Å². The average Bonchev–Trinajstić information content (AvgIpc) is 2.73. The maximum Gasteiger partial charge on any atom is 0.264 e. The lowest BCUT2D eigenvalue weighted by Gasteiger charge is -2.10. The van der Waals surface area contributed by atoms with E-state index in [-0.39, 0.29) is 12.5 Å². The number of hydrogen-bond donors (Lipinski definition) is 1. The van der Waals surface area contributed by atoms with Gasteiger partial charge < -0.3 is 4.74 Å². The van der Waals surface area contributed by atoms with Gasteiger partial charge in [0, 0.05) is 9.85 Å². The molecule has 0 unspecified atom stereocenters. The lowest BCUT2D eigenvalue weighted by molar-refractivity contribution is -0.118. The molecule has 1 N–H and O–H groups in total. The van der Waals surface area contributed by atoms with E-state index >= 15 is 0 Å². The minimum atomic E-state index is -0.249. The van der Waals surface area contributed by atoms with Crippen molar-refractivity contribution in [2.24, 2.45) is 0 Å². The third kappa shape index (κ3) is 4.28. The summed E-state index contributed by atoms with van der Waals surface area (Å²) in [6.45, 7) is 1.79. The summed E-state index contributed by atoms with van der Waals surface area (Å²) in [6, 6.07) is 3.70. The zero-order valence-electron chi connectivity index (χ0n) is 10.2. The standard InChI is InChI=1S/C12H9Br3N2O2S/c1-6-5-20-12(16-6)17-10(18)4-19-11-8(14)2-7(13)3-9(11)15/h2-3,5H,4H2,1H3,(H,16,17,18). The van der Waals surface area contributed by atoms with Crippen molar-refractivity contribution in [2.45, 2.75) is 6.92 Å². The van der Waals surface area contributed by atoms with Gasteiger partial charge in [0.15, 0.2) is 11.7 Å². The van der Waals surface area contributed by atoms with Crippen LogP contribution in [0.15, 0.2) is 30.9 Å².